The second-order valence-electron chi connectivity index (χ2n) is 5.50. The average Bonchev–Trinajstić information content (AvgIpc) is 2.38. The smallest absolute Gasteiger partial charge is 0.253 e. The Kier molecular flexibility index (Phi) is 4.65. The molecule has 2 rings (SSSR count). The zero-order chi connectivity index (χ0) is 14.6. The van der Waals surface area contributed by atoms with Gasteiger partial charge in [-0.1, -0.05) is 6.07 Å². The molecule has 1 aliphatic carbocycles. The van der Waals surface area contributed by atoms with Crippen molar-refractivity contribution >= 4 is 11.6 Å². The van der Waals surface area contributed by atoms with Crippen molar-refractivity contribution in [3.8, 4) is 0 Å². The highest BCUT2D eigenvalue weighted by Crippen LogP contribution is 2.34. The number of methoxy groups -OCH3 is 1. The summed E-state index contributed by atoms with van der Waals surface area (Å²) < 4.78 is 5.53. The van der Waals surface area contributed by atoms with Crippen LogP contribution in [0.25, 0.3) is 0 Å². The number of amides is 1. The molecule has 0 heterocycles. The lowest BCUT2D eigenvalue weighted by Crippen LogP contribution is -2.49. The summed E-state index contributed by atoms with van der Waals surface area (Å²) in [7, 11) is 1.72. The first kappa shape index (κ1) is 14.9. The van der Waals surface area contributed by atoms with Crippen LogP contribution in [0.4, 0.5) is 5.69 Å². The number of benzene rings is 1. The second-order valence-corrected chi connectivity index (χ2v) is 5.50. The summed E-state index contributed by atoms with van der Waals surface area (Å²) in [6.45, 7) is 5.43. The molecule has 20 heavy (non-hydrogen) atoms. The quantitative estimate of drug-likeness (QED) is 0.840. The van der Waals surface area contributed by atoms with Crippen LogP contribution in [0.1, 0.15) is 42.1 Å². The molecule has 1 fully saturated rings. The zero-order valence-electron chi connectivity index (χ0n) is 12.6. The van der Waals surface area contributed by atoms with Gasteiger partial charge in [-0.05, 0) is 50.8 Å². The van der Waals surface area contributed by atoms with Crippen molar-refractivity contribution in [1.29, 1.82) is 0 Å². The van der Waals surface area contributed by atoms with Crippen LogP contribution in [0.15, 0.2) is 18.2 Å². The topological polar surface area (TPSA) is 50.4 Å². The molecule has 0 spiro atoms. The minimum atomic E-state index is -0.140. The molecular formula is C16H24N2O2. The molecule has 4 heteroatoms. The molecule has 110 valence electrons. The van der Waals surface area contributed by atoms with E-state index in [1.165, 1.54) is 6.42 Å². The van der Waals surface area contributed by atoms with Gasteiger partial charge in [0.15, 0.2) is 0 Å². The predicted octanol–water partition coefficient (Wildman–Crippen LogP) is 2.73. The molecule has 1 aromatic carbocycles. The summed E-state index contributed by atoms with van der Waals surface area (Å²) in [5.41, 5.74) is 2.59. The molecule has 1 amide bonds. The third-order valence-corrected chi connectivity index (χ3v) is 4.06. The molecule has 0 unspecified atom stereocenters. The van der Waals surface area contributed by atoms with Crippen molar-refractivity contribution in [2.75, 3.05) is 25.5 Å². The maximum atomic E-state index is 12.3. The third-order valence-electron chi connectivity index (χ3n) is 4.06. The van der Waals surface area contributed by atoms with Gasteiger partial charge in [0.1, 0.15) is 0 Å². The van der Waals surface area contributed by atoms with E-state index < -0.39 is 0 Å². The van der Waals surface area contributed by atoms with Gasteiger partial charge in [-0.15, -0.1) is 0 Å². The first-order chi connectivity index (χ1) is 9.60. The first-order valence-corrected chi connectivity index (χ1v) is 7.28. The highest BCUT2D eigenvalue weighted by Gasteiger charge is 2.37. The summed E-state index contributed by atoms with van der Waals surface area (Å²) in [5.74, 6) is -0.0377. The molecular weight excluding hydrogens is 252 g/mol. The lowest BCUT2D eigenvalue weighted by atomic mass is 9.80. The normalized spacial score (nSPS) is 16.4. The molecule has 0 bridgehead atoms. The Bertz CT molecular complexity index is 476. The van der Waals surface area contributed by atoms with E-state index in [2.05, 4.69) is 10.6 Å². The molecule has 1 saturated carbocycles. The summed E-state index contributed by atoms with van der Waals surface area (Å²) in [4.78, 5) is 12.3. The van der Waals surface area contributed by atoms with E-state index in [0.717, 1.165) is 30.6 Å². The van der Waals surface area contributed by atoms with E-state index in [-0.39, 0.29) is 11.5 Å². The van der Waals surface area contributed by atoms with Crippen molar-refractivity contribution in [3.63, 3.8) is 0 Å². The Morgan fingerprint density at radius 1 is 1.40 bits per heavy atom. The van der Waals surface area contributed by atoms with Crippen LogP contribution < -0.4 is 10.6 Å². The number of hydrogen-bond donors (Lipinski definition) is 2. The third kappa shape index (κ3) is 3.12. The number of aryl methyl sites for hydroxylation is 1. The minimum Gasteiger partial charge on any atom is -0.385 e. The molecule has 0 atom stereocenters. The van der Waals surface area contributed by atoms with Gasteiger partial charge < -0.3 is 15.4 Å². The van der Waals surface area contributed by atoms with Crippen LogP contribution in [0.3, 0.4) is 0 Å². The van der Waals surface area contributed by atoms with Crippen LogP contribution in [0.2, 0.25) is 0 Å². The lowest BCUT2D eigenvalue weighted by Gasteiger charge is -2.40. The van der Waals surface area contributed by atoms with Crippen LogP contribution in [0.5, 0.6) is 0 Å². The summed E-state index contributed by atoms with van der Waals surface area (Å²) >= 11 is 0. The number of rotatable bonds is 6. The maximum absolute atomic E-state index is 12.3. The molecule has 0 aliphatic heterocycles. The highest BCUT2D eigenvalue weighted by molar-refractivity contribution is 5.99. The minimum absolute atomic E-state index is 0.0377. The number of hydrogen-bond acceptors (Lipinski definition) is 3. The molecule has 0 aromatic heterocycles. The van der Waals surface area contributed by atoms with Crippen LogP contribution in [0, 0.1) is 6.92 Å². The summed E-state index contributed by atoms with van der Waals surface area (Å²) in [6, 6.07) is 5.85. The summed E-state index contributed by atoms with van der Waals surface area (Å²) in [6.07, 6.45) is 3.23. The number of carbonyl (C=O) groups excluding carboxylic acids is 1. The fraction of sp³-hybridized carbons (Fsp3) is 0.562. The van der Waals surface area contributed by atoms with Gasteiger partial charge in [-0.25, -0.2) is 0 Å². The van der Waals surface area contributed by atoms with Gasteiger partial charge in [-0.3, -0.25) is 4.79 Å². The lowest BCUT2D eigenvalue weighted by molar-refractivity contribution is -0.0679. The Morgan fingerprint density at radius 2 is 2.15 bits per heavy atom. The first-order valence-electron chi connectivity index (χ1n) is 7.28. The van der Waals surface area contributed by atoms with Crippen molar-refractivity contribution < 1.29 is 9.53 Å². The SMILES string of the molecule is CCNc1cc(C)ccc1C(=O)NCC1(OC)CCC1. The molecule has 1 aliphatic rings. The number of ether oxygens (including phenoxy) is 1. The van der Waals surface area contributed by atoms with Gasteiger partial charge in [0.25, 0.3) is 5.91 Å². The van der Waals surface area contributed by atoms with E-state index >= 15 is 0 Å². The molecule has 1 aromatic rings. The maximum Gasteiger partial charge on any atom is 0.253 e. The Morgan fingerprint density at radius 3 is 2.70 bits per heavy atom. The Balaban J connectivity index is 2.05. The largest absolute Gasteiger partial charge is 0.385 e. The summed E-state index contributed by atoms with van der Waals surface area (Å²) in [5, 5.41) is 6.25. The zero-order valence-corrected chi connectivity index (χ0v) is 12.6. The number of nitrogens with one attached hydrogen (secondary N) is 2. The van der Waals surface area contributed by atoms with Gasteiger partial charge in [-0.2, -0.15) is 0 Å². The molecule has 4 nitrogen and oxygen atoms in total. The molecule has 2 N–H and O–H groups in total. The van der Waals surface area contributed by atoms with Crippen molar-refractivity contribution in [1.82, 2.24) is 5.32 Å². The Labute approximate surface area is 120 Å². The fourth-order valence-corrected chi connectivity index (χ4v) is 2.55. The van der Waals surface area contributed by atoms with E-state index in [4.69, 9.17) is 4.74 Å². The van der Waals surface area contributed by atoms with Gasteiger partial charge in [0, 0.05) is 25.9 Å². The highest BCUT2D eigenvalue weighted by atomic mass is 16.5. The molecule has 0 saturated heterocycles. The Hall–Kier alpha value is -1.55. The van der Waals surface area contributed by atoms with Crippen molar-refractivity contribution in [3.05, 3.63) is 29.3 Å². The van der Waals surface area contributed by atoms with E-state index in [9.17, 15) is 4.79 Å². The molecule has 0 radical (unpaired) electrons. The van der Waals surface area contributed by atoms with E-state index in [0.29, 0.717) is 12.1 Å². The van der Waals surface area contributed by atoms with Crippen molar-refractivity contribution in [2.24, 2.45) is 0 Å². The predicted molar refractivity (Wildman–Crippen MR) is 81.3 cm³/mol. The van der Waals surface area contributed by atoms with Gasteiger partial charge >= 0.3 is 0 Å². The van der Waals surface area contributed by atoms with Crippen LogP contribution in [-0.2, 0) is 4.74 Å². The fourth-order valence-electron chi connectivity index (χ4n) is 2.55. The second kappa shape index (κ2) is 6.27. The van der Waals surface area contributed by atoms with E-state index in [1.54, 1.807) is 7.11 Å². The van der Waals surface area contributed by atoms with Gasteiger partial charge in [0.2, 0.25) is 0 Å². The number of carbonyl (C=O) groups is 1. The van der Waals surface area contributed by atoms with Crippen LogP contribution >= 0.6 is 0 Å². The van der Waals surface area contributed by atoms with Gasteiger partial charge in [0.05, 0.1) is 11.2 Å². The van der Waals surface area contributed by atoms with E-state index in [1.807, 2.05) is 32.0 Å². The average molecular weight is 276 g/mol. The van der Waals surface area contributed by atoms with Crippen molar-refractivity contribution in [2.45, 2.75) is 38.7 Å². The standard InChI is InChI=1S/C16H24N2O2/c1-4-17-14-10-12(2)6-7-13(14)15(19)18-11-16(20-3)8-5-9-16/h6-7,10,17H,4-5,8-9,11H2,1-3H3,(H,18,19). The monoisotopic (exact) mass is 276 g/mol. The van der Waals surface area contributed by atoms with Crippen LogP contribution in [-0.4, -0.2) is 31.7 Å². The number of anilines is 1.